The molecule has 3 heterocycles. The third kappa shape index (κ3) is 3.88. The molecule has 0 amide bonds. The smallest absolute Gasteiger partial charge is 0.334 e. The lowest BCUT2D eigenvalue weighted by Gasteiger charge is -2.18. The SMILES string of the molecule is C=C1C(=O)OC2CC/C=C\CCC12.C=C1C(=O)OC2CCC3OC3CCC12. The van der Waals surface area contributed by atoms with Crippen molar-refractivity contribution in [3.8, 4) is 0 Å². The Kier molecular flexibility index (Phi) is 5.22. The molecule has 6 atom stereocenters. The molecule has 0 bridgehead atoms. The van der Waals surface area contributed by atoms with Crippen LogP contribution in [-0.4, -0.2) is 36.4 Å². The average molecular weight is 372 g/mol. The maximum absolute atomic E-state index is 11.3. The van der Waals surface area contributed by atoms with Gasteiger partial charge in [-0.2, -0.15) is 0 Å². The first-order chi connectivity index (χ1) is 13.0. The van der Waals surface area contributed by atoms with Crippen LogP contribution in [-0.2, 0) is 23.8 Å². The van der Waals surface area contributed by atoms with Gasteiger partial charge in [0.05, 0.1) is 12.2 Å². The highest BCUT2D eigenvalue weighted by Crippen LogP contribution is 2.41. The zero-order valence-electron chi connectivity index (χ0n) is 15.7. The second-order valence-corrected chi connectivity index (χ2v) is 8.14. The van der Waals surface area contributed by atoms with Gasteiger partial charge < -0.3 is 14.2 Å². The van der Waals surface area contributed by atoms with Crippen molar-refractivity contribution in [2.24, 2.45) is 11.8 Å². The zero-order valence-corrected chi connectivity index (χ0v) is 15.7. The summed E-state index contributed by atoms with van der Waals surface area (Å²) in [6.07, 6.45) is 13.5. The van der Waals surface area contributed by atoms with Crippen molar-refractivity contribution in [2.45, 2.75) is 75.8 Å². The molecule has 5 nitrogen and oxygen atoms in total. The first kappa shape index (κ1) is 18.5. The lowest BCUT2D eigenvalue weighted by molar-refractivity contribution is -0.140. The van der Waals surface area contributed by atoms with E-state index >= 15 is 0 Å². The Hall–Kier alpha value is -1.88. The summed E-state index contributed by atoms with van der Waals surface area (Å²) in [4.78, 5) is 22.5. The van der Waals surface area contributed by atoms with Gasteiger partial charge >= 0.3 is 11.9 Å². The fourth-order valence-electron chi connectivity index (χ4n) is 4.71. The topological polar surface area (TPSA) is 65.1 Å². The summed E-state index contributed by atoms with van der Waals surface area (Å²) in [7, 11) is 0. The Morgan fingerprint density at radius 3 is 1.81 bits per heavy atom. The molecule has 0 aromatic carbocycles. The van der Waals surface area contributed by atoms with Crippen LogP contribution in [0.3, 0.4) is 0 Å². The summed E-state index contributed by atoms with van der Waals surface area (Å²) in [5.74, 6) is 0.165. The standard InChI is InChI=1S/C11H14O3.C11H14O2/c1-6-7-2-3-9-10(13-9)5-4-8(7)14-11(6)12;1-8-9-6-4-2-3-5-7-10(9)13-11(8)12/h7-10H,1-5H2;2-3,9-10H,1,4-7H2/b;3-2-. The molecule has 6 unspecified atom stereocenters. The Balaban J connectivity index is 0.000000134. The van der Waals surface area contributed by atoms with E-state index < -0.39 is 0 Å². The summed E-state index contributed by atoms with van der Waals surface area (Å²) in [5.41, 5.74) is 1.36. The summed E-state index contributed by atoms with van der Waals surface area (Å²) < 4.78 is 16.0. The first-order valence-corrected chi connectivity index (χ1v) is 10.1. The number of carbonyl (C=O) groups excluding carboxylic acids is 2. The highest BCUT2D eigenvalue weighted by Gasteiger charge is 2.46. The van der Waals surface area contributed by atoms with Crippen molar-refractivity contribution in [1.82, 2.24) is 0 Å². The minimum Gasteiger partial charge on any atom is -0.458 e. The van der Waals surface area contributed by atoms with Crippen LogP contribution < -0.4 is 0 Å². The van der Waals surface area contributed by atoms with Gasteiger partial charge in [0.25, 0.3) is 0 Å². The van der Waals surface area contributed by atoms with Gasteiger partial charge in [-0.15, -0.1) is 0 Å². The summed E-state index contributed by atoms with van der Waals surface area (Å²) in [5, 5.41) is 0. The molecule has 0 N–H and O–H groups in total. The fourth-order valence-corrected chi connectivity index (χ4v) is 4.71. The van der Waals surface area contributed by atoms with Crippen molar-refractivity contribution in [3.05, 3.63) is 36.5 Å². The quantitative estimate of drug-likeness (QED) is 0.281. The van der Waals surface area contributed by atoms with Gasteiger partial charge in [-0.1, -0.05) is 25.3 Å². The van der Waals surface area contributed by atoms with Gasteiger partial charge in [0.1, 0.15) is 12.2 Å². The van der Waals surface area contributed by atoms with Crippen molar-refractivity contribution < 1.29 is 23.8 Å². The van der Waals surface area contributed by atoms with E-state index in [0.29, 0.717) is 23.4 Å². The zero-order chi connectivity index (χ0) is 19.0. The van der Waals surface area contributed by atoms with E-state index in [2.05, 4.69) is 25.3 Å². The van der Waals surface area contributed by atoms with E-state index in [1.807, 2.05) is 0 Å². The van der Waals surface area contributed by atoms with Crippen LogP contribution in [0.1, 0.15) is 51.4 Å². The number of esters is 2. The third-order valence-corrected chi connectivity index (χ3v) is 6.45. The molecule has 146 valence electrons. The fraction of sp³-hybridized carbons (Fsp3) is 0.636. The third-order valence-electron chi connectivity index (χ3n) is 6.45. The Morgan fingerprint density at radius 1 is 0.667 bits per heavy atom. The van der Waals surface area contributed by atoms with Gasteiger partial charge in [-0.25, -0.2) is 9.59 Å². The molecule has 0 spiro atoms. The number of epoxide rings is 1. The molecule has 5 heteroatoms. The van der Waals surface area contributed by atoms with Crippen molar-refractivity contribution in [2.75, 3.05) is 0 Å². The van der Waals surface area contributed by atoms with Gasteiger partial charge in [-0.3, -0.25) is 0 Å². The predicted octanol–water partition coefficient (Wildman–Crippen LogP) is 3.64. The van der Waals surface area contributed by atoms with Gasteiger partial charge in [0.2, 0.25) is 0 Å². The molecule has 4 fully saturated rings. The molecular weight excluding hydrogens is 344 g/mol. The molecule has 2 aliphatic carbocycles. The minimum absolute atomic E-state index is 0.0835. The van der Waals surface area contributed by atoms with Gasteiger partial charge in [0.15, 0.2) is 0 Å². The van der Waals surface area contributed by atoms with Gasteiger partial charge in [-0.05, 0) is 51.4 Å². The molecule has 0 radical (unpaired) electrons. The number of rotatable bonds is 0. The summed E-state index contributed by atoms with van der Waals surface area (Å²) in [6, 6.07) is 0. The van der Waals surface area contributed by atoms with Crippen LogP contribution in [0.4, 0.5) is 0 Å². The molecule has 0 aromatic heterocycles. The predicted molar refractivity (Wildman–Crippen MR) is 99.8 cm³/mol. The van der Waals surface area contributed by atoms with Crippen LogP contribution in [0.2, 0.25) is 0 Å². The van der Waals surface area contributed by atoms with Crippen molar-refractivity contribution in [3.63, 3.8) is 0 Å². The largest absolute Gasteiger partial charge is 0.458 e. The number of fused-ring (bicyclic) bond motifs is 3. The van der Waals surface area contributed by atoms with E-state index in [1.165, 1.54) is 0 Å². The lowest BCUT2D eigenvalue weighted by atomic mass is 9.86. The molecule has 5 rings (SSSR count). The van der Waals surface area contributed by atoms with Crippen LogP contribution in [0, 0.1) is 11.8 Å². The van der Waals surface area contributed by atoms with Crippen LogP contribution in [0.25, 0.3) is 0 Å². The molecule has 27 heavy (non-hydrogen) atoms. The molecule has 3 saturated heterocycles. The van der Waals surface area contributed by atoms with Crippen molar-refractivity contribution >= 4 is 11.9 Å². The number of carbonyl (C=O) groups is 2. The summed E-state index contributed by atoms with van der Waals surface area (Å²) >= 11 is 0. The van der Waals surface area contributed by atoms with Crippen LogP contribution in [0.5, 0.6) is 0 Å². The second kappa shape index (κ2) is 7.63. The lowest BCUT2D eigenvalue weighted by Crippen LogP contribution is -2.20. The van der Waals surface area contributed by atoms with E-state index in [9.17, 15) is 9.59 Å². The number of allylic oxidation sites excluding steroid dienone is 2. The Labute approximate surface area is 160 Å². The molecular formula is C22H28O5. The van der Waals surface area contributed by atoms with E-state index in [-0.39, 0.29) is 36.0 Å². The van der Waals surface area contributed by atoms with E-state index in [0.717, 1.165) is 51.4 Å². The molecule has 3 aliphatic heterocycles. The molecule has 1 saturated carbocycles. The van der Waals surface area contributed by atoms with Crippen LogP contribution >= 0.6 is 0 Å². The van der Waals surface area contributed by atoms with Gasteiger partial charge in [0, 0.05) is 23.0 Å². The maximum atomic E-state index is 11.3. The second-order valence-electron chi connectivity index (χ2n) is 8.14. The van der Waals surface area contributed by atoms with Crippen molar-refractivity contribution in [1.29, 1.82) is 0 Å². The summed E-state index contributed by atoms with van der Waals surface area (Å²) in [6.45, 7) is 7.61. The minimum atomic E-state index is -0.184. The first-order valence-electron chi connectivity index (χ1n) is 10.1. The van der Waals surface area contributed by atoms with E-state index in [4.69, 9.17) is 14.2 Å². The molecule has 5 aliphatic rings. The van der Waals surface area contributed by atoms with Crippen LogP contribution in [0.15, 0.2) is 36.5 Å². The normalized spacial score (nSPS) is 41.2. The maximum Gasteiger partial charge on any atom is 0.334 e. The average Bonchev–Trinajstić information content (AvgIpc) is 3.23. The van der Waals surface area contributed by atoms with E-state index in [1.54, 1.807) is 0 Å². The monoisotopic (exact) mass is 372 g/mol. The molecule has 0 aromatic rings. The Morgan fingerprint density at radius 2 is 1.15 bits per heavy atom. The number of ether oxygens (including phenoxy) is 3. The highest BCUT2D eigenvalue weighted by molar-refractivity contribution is 5.91. The Bertz CT molecular complexity index is 678. The number of hydrogen-bond donors (Lipinski definition) is 0. The number of hydrogen-bond acceptors (Lipinski definition) is 5. The highest BCUT2D eigenvalue weighted by atomic mass is 16.6.